The first-order chi connectivity index (χ1) is 11.3. The van der Waals surface area contributed by atoms with Gasteiger partial charge in [0.15, 0.2) is 4.87 Å². The molecule has 5 N–H and O–H groups in total. The quantitative estimate of drug-likeness (QED) is 0.734. The molecule has 1 aliphatic rings. The van der Waals surface area contributed by atoms with Gasteiger partial charge < -0.3 is 16.6 Å². The van der Waals surface area contributed by atoms with Crippen molar-refractivity contribution in [2.75, 3.05) is 5.73 Å². The predicted molar refractivity (Wildman–Crippen MR) is 94.1 cm³/mol. The molecule has 2 unspecified atom stereocenters. The molecule has 0 fully saturated rings. The molecule has 0 spiro atoms. The topological polar surface area (TPSA) is 106 Å². The number of aliphatic hydroxyl groups excluding tert-OH is 1. The van der Waals surface area contributed by atoms with Crippen LogP contribution in [0.4, 0.5) is 5.69 Å². The van der Waals surface area contributed by atoms with Crippen LogP contribution in [0.1, 0.15) is 30.0 Å². The van der Waals surface area contributed by atoms with Crippen molar-refractivity contribution in [3.63, 3.8) is 0 Å². The van der Waals surface area contributed by atoms with E-state index in [2.05, 4.69) is 0 Å². The Labute approximate surface area is 142 Å². The van der Waals surface area contributed by atoms with E-state index in [-0.39, 0.29) is 4.90 Å². The maximum Gasteiger partial charge on any atom is 0.203 e. The van der Waals surface area contributed by atoms with E-state index in [0.717, 1.165) is 17.5 Å². The van der Waals surface area contributed by atoms with Gasteiger partial charge >= 0.3 is 0 Å². The number of nitrogen functional groups attached to an aromatic ring is 1. The molecule has 6 heteroatoms. The number of anilines is 1. The summed E-state index contributed by atoms with van der Waals surface area (Å²) in [5.74, 6) is 0. The average molecular weight is 346 g/mol. The number of fused-ring (bicyclic) bond motifs is 1. The first-order valence-electron chi connectivity index (χ1n) is 8.00. The van der Waals surface area contributed by atoms with Crippen LogP contribution in [0.2, 0.25) is 0 Å². The van der Waals surface area contributed by atoms with Crippen molar-refractivity contribution in [2.45, 2.75) is 42.1 Å². The van der Waals surface area contributed by atoms with Gasteiger partial charge in [-0.15, -0.1) is 0 Å². The fourth-order valence-corrected chi connectivity index (χ4v) is 5.13. The zero-order valence-electron chi connectivity index (χ0n) is 13.6. The Kier molecular flexibility index (Phi) is 4.15. The molecule has 0 amide bonds. The molecule has 2 atom stereocenters. The zero-order valence-corrected chi connectivity index (χ0v) is 14.4. The Morgan fingerprint density at radius 2 is 1.88 bits per heavy atom. The molecule has 0 bridgehead atoms. The minimum atomic E-state index is -3.99. The van der Waals surface area contributed by atoms with Crippen molar-refractivity contribution in [1.82, 2.24) is 0 Å². The van der Waals surface area contributed by atoms with Crippen LogP contribution in [0.3, 0.4) is 0 Å². The average Bonchev–Trinajstić information content (AvgIpc) is 2.58. The summed E-state index contributed by atoms with van der Waals surface area (Å²) >= 11 is 0. The van der Waals surface area contributed by atoms with Gasteiger partial charge in [-0.25, -0.2) is 8.42 Å². The van der Waals surface area contributed by atoms with Gasteiger partial charge in [0.1, 0.15) is 0 Å². The molecular weight excluding hydrogens is 324 g/mol. The van der Waals surface area contributed by atoms with Crippen LogP contribution in [0.15, 0.2) is 47.4 Å². The third-order valence-corrected chi connectivity index (χ3v) is 7.10. The summed E-state index contributed by atoms with van der Waals surface area (Å²) < 4.78 is 26.5. The van der Waals surface area contributed by atoms with Crippen molar-refractivity contribution in [1.29, 1.82) is 0 Å². The summed E-state index contributed by atoms with van der Waals surface area (Å²) in [5, 5.41) is 10.5. The van der Waals surface area contributed by atoms with Crippen molar-refractivity contribution in [3.05, 3.63) is 59.2 Å². The lowest BCUT2D eigenvalue weighted by molar-refractivity contribution is 0.107. The molecule has 3 rings (SSSR count). The van der Waals surface area contributed by atoms with Gasteiger partial charge in [-0.1, -0.05) is 25.1 Å². The molecule has 0 heterocycles. The van der Waals surface area contributed by atoms with Gasteiger partial charge in [-0.2, -0.15) is 0 Å². The summed E-state index contributed by atoms with van der Waals surface area (Å²) in [6.07, 6.45) is 0.484. The number of hydrogen-bond acceptors (Lipinski definition) is 5. The summed E-state index contributed by atoms with van der Waals surface area (Å²) in [6.45, 7) is 2.00. The molecule has 2 aromatic rings. The van der Waals surface area contributed by atoms with Crippen molar-refractivity contribution >= 4 is 15.5 Å². The minimum Gasteiger partial charge on any atom is -0.399 e. The van der Waals surface area contributed by atoms with Gasteiger partial charge in [-0.3, -0.25) is 0 Å². The number of aliphatic hydroxyl groups is 1. The number of benzene rings is 2. The van der Waals surface area contributed by atoms with E-state index in [1.165, 1.54) is 0 Å². The molecule has 0 saturated heterocycles. The number of hydrogen-bond donors (Lipinski definition) is 3. The Morgan fingerprint density at radius 3 is 2.50 bits per heavy atom. The zero-order chi connectivity index (χ0) is 17.5. The van der Waals surface area contributed by atoms with Crippen molar-refractivity contribution < 1.29 is 13.5 Å². The molecule has 0 radical (unpaired) electrons. The first-order valence-corrected chi connectivity index (χ1v) is 9.48. The largest absolute Gasteiger partial charge is 0.399 e. The molecule has 24 heavy (non-hydrogen) atoms. The molecule has 0 saturated carbocycles. The van der Waals surface area contributed by atoms with Gasteiger partial charge in [0.25, 0.3) is 0 Å². The maximum absolute atomic E-state index is 13.3. The summed E-state index contributed by atoms with van der Waals surface area (Å²) in [5.41, 5.74) is 14.9. The van der Waals surface area contributed by atoms with E-state index in [9.17, 15) is 13.5 Å². The lowest BCUT2D eigenvalue weighted by Crippen LogP contribution is -2.56. The van der Waals surface area contributed by atoms with Gasteiger partial charge in [0.2, 0.25) is 9.84 Å². The van der Waals surface area contributed by atoms with Crippen LogP contribution in [0.25, 0.3) is 0 Å². The van der Waals surface area contributed by atoms with Crippen LogP contribution in [0.5, 0.6) is 0 Å². The van der Waals surface area contributed by atoms with E-state index in [4.69, 9.17) is 11.5 Å². The van der Waals surface area contributed by atoms with Crippen molar-refractivity contribution in [2.24, 2.45) is 5.73 Å². The maximum atomic E-state index is 13.3. The van der Waals surface area contributed by atoms with Crippen LogP contribution in [-0.2, 0) is 27.5 Å². The fraction of sp³-hybridized carbons (Fsp3) is 0.333. The van der Waals surface area contributed by atoms with Crippen LogP contribution in [-0.4, -0.2) is 19.6 Å². The van der Waals surface area contributed by atoms with Crippen LogP contribution >= 0.6 is 0 Å². The van der Waals surface area contributed by atoms with Crippen molar-refractivity contribution in [3.8, 4) is 0 Å². The van der Waals surface area contributed by atoms with E-state index >= 15 is 0 Å². The lowest BCUT2D eigenvalue weighted by atomic mass is 9.85. The SMILES string of the molecule is CCc1ccc(S(=O)(=O)C2(N)c3cc(N)ccc3CCC2O)cc1. The molecule has 0 aromatic heterocycles. The third kappa shape index (κ3) is 2.42. The second-order valence-electron chi connectivity index (χ2n) is 6.27. The standard InChI is InChI=1S/C18H22N2O3S/c1-2-12-3-8-15(9-4-12)24(22,23)18(20)16-11-14(19)7-5-13(16)6-10-17(18)21/h3-5,7-9,11,17,21H,2,6,10,19-20H2,1H3. The van der Waals surface area contributed by atoms with Crippen LogP contribution in [0, 0.1) is 0 Å². The number of rotatable bonds is 3. The Morgan fingerprint density at radius 1 is 1.21 bits per heavy atom. The molecule has 5 nitrogen and oxygen atoms in total. The Hall–Kier alpha value is -1.89. The fourth-order valence-electron chi connectivity index (χ4n) is 3.29. The monoisotopic (exact) mass is 346 g/mol. The molecule has 128 valence electrons. The lowest BCUT2D eigenvalue weighted by Gasteiger charge is -2.39. The van der Waals surface area contributed by atoms with E-state index in [0.29, 0.717) is 24.1 Å². The molecule has 0 aliphatic heterocycles. The molecule has 1 aliphatic carbocycles. The van der Waals surface area contributed by atoms with E-state index in [1.807, 2.05) is 6.92 Å². The van der Waals surface area contributed by atoms with Crippen LogP contribution < -0.4 is 11.5 Å². The molecular formula is C18H22N2O3S. The third-order valence-electron chi connectivity index (χ3n) is 4.82. The first kappa shape index (κ1) is 17.0. The van der Waals surface area contributed by atoms with Gasteiger partial charge in [0, 0.05) is 5.69 Å². The molecule has 2 aromatic carbocycles. The minimum absolute atomic E-state index is 0.108. The highest BCUT2D eigenvalue weighted by molar-refractivity contribution is 7.92. The number of nitrogens with two attached hydrogens (primary N) is 2. The number of sulfone groups is 1. The highest BCUT2D eigenvalue weighted by Gasteiger charge is 2.51. The highest BCUT2D eigenvalue weighted by atomic mass is 32.2. The van der Waals surface area contributed by atoms with Gasteiger partial charge in [-0.05, 0) is 60.2 Å². The van der Waals surface area contributed by atoms with E-state index in [1.54, 1.807) is 42.5 Å². The second-order valence-corrected chi connectivity index (χ2v) is 8.42. The Balaban J connectivity index is 2.20. The summed E-state index contributed by atoms with van der Waals surface area (Å²) in [4.78, 5) is -1.79. The smallest absolute Gasteiger partial charge is 0.203 e. The number of aryl methyl sites for hydroxylation is 2. The predicted octanol–water partition coefficient (Wildman–Crippen LogP) is 1.72. The highest BCUT2D eigenvalue weighted by Crippen LogP contribution is 2.41. The van der Waals surface area contributed by atoms with Gasteiger partial charge in [0.05, 0.1) is 11.0 Å². The Bertz CT molecular complexity index is 862. The van der Waals surface area contributed by atoms with E-state index < -0.39 is 20.8 Å². The summed E-state index contributed by atoms with van der Waals surface area (Å²) in [7, 11) is -3.99. The second kappa shape index (κ2) is 5.88. The normalized spacial score (nSPS) is 23.7. The summed E-state index contributed by atoms with van der Waals surface area (Å²) in [6, 6.07) is 11.7.